The molecule has 4 nitrogen and oxygen atoms in total. The van der Waals surface area contributed by atoms with Gasteiger partial charge in [0, 0.05) is 13.5 Å². The summed E-state index contributed by atoms with van der Waals surface area (Å²) in [4.78, 5) is 10.4. The summed E-state index contributed by atoms with van der Waals surface area (Å²) in [5.74, 6) is -0.232. The van der Waals surface area contributed by atoms with Gasteiger partial charge in [-0.15, -0.1) is 0 Å². The molecule has 0 aromatic heterocycles. The Balaban J connectivity index is 3.25. The van der Waals surface area contributed by atoms with Gasteiger partial charge < -0.3 is 15.8 Å². The van der Waals surface area contributed by atoms with Crippen LogP contribution in [0.5, 0.6) is 0 Å². The minimum absolute atomic E-state index is 0.0727. The molecule has 4 heteroatoms. The quantitative estimate of drug-likeness (QED) is 0.568. The Morgan fingerprint density at radius 3 is 2.57 bits per heavy atom. The van der Waals surface area contributed by atoms with Gasteiger partial charge in [0.1, 0.15) is 0 Å². The summed E-state index contributed by atoms with van der Waals surface area (Å²) in [6.45, 7) is 5.85. The van der Waals surface area contributed by atoms with Gasteiger partial charge in [0.2, 0.25) is 5.91 Å². The maximum atomic E-state index is 10.4. The van der Waals surface area contributed by atoms with Gasteiger partial charge in [-0.2, -0.15) is 0 Å². The average Bonchev–Trinajstić information content (AvgIpc) is 2.10. The van der Waals surface area contributed by atoms with E-state index < -0.39 is 0 Å². The Bertz CT molecular complexity index is 170. The zero-order valence-electron chi connectivity index (χ0n) is 9.43. The number of nitrogens with two attached hydrogens (primary N) is 1. The van der Waals surface area contributed by atoms with Gasteiger partial charge in [-0.05, 0) is 39.8 Å². The highest BCUT2D eigenvalue weighted by molar-refractivity contribution is 5.73. The number of ether oxygens (including phenoxy) is 1. The van der Waals surface area contributed by atoms with Crippen LogP contribution in [0.15, 0.2) is 0 Å². The molecule has 0 radical (unpaired) electrons. The third kappa shape index (κ3) is 8.01. The summed E-state index contributed by atoms with van der Waals surface area (Å²) in [6.07, 6.45) is 2.23. The van der Waals surface area contributed by atoms with Crippen LogP contribution in [0, 0.1) is 0 Å². The first kappa shape index (κ1) is 13.4. The molecule has 0 aliphatic heterocycles. The first-order valence-electron chi connectivity index (χ1n) is 5.02. The molecule has 0 atom stereocenters. The van der Waals surface area contributed by atoms with Gasteiger partial charge in [0.05, 0.1) is 5.60 Å². The molecule has 0 bridgehead atoms. The van der Waals surface area contributed by atoms with E-state index in [1.54, 1.807) is 7.11 Å². The van der Waals surface area contributed by atoms with Gasteiger partial charge >= 0.3 is 0 Å². The minimum Gasteiger partial charge on any atom is -0.379 e. The lowest BCUT2D eigenvalue weighted by Gasteiger charge is -2.22. The second kappa shape index (κ2) is 6.79. The normalized spacial score (nSPS) is 11.6. The van der Waals surface area contributed by atoms with Gasteiger partial charge in [-0.25, -0.2) is 0 Å². The topological polar surface area (TPSA) is 64.3 Å². The largest absolute Gasteiger partial charge is 0.379 e. The highest BCUT2D eigenvalue weighted by Crippen LogP contribution is 2.11. The van der Waals surface area contributed by atoms with E-state index in [-0.39, 0.29) is 11.5 Å². The number of primary amides is 1. The van der Waals surface area contributed by atoms with Crippen LogP contribution in [0.1, 0.15) is 33.1 Å². The fraction of sp³-hybridized carbons (Fsp3) is 0.900. The fourth-order valence-electron chi connectivity index (χ4n) is 1.00. The second-order valence-corrected chi connectivity index (χ2v) is 4.03. The zero-order chi connectivity index (χ0) is 11.0. The van der Waals surface area contributed by atoms with Crippen molar-refractivity contribution < 1.29 is 9.53 Å². The van der Waals surface area contributed by atoms with E-state index in [0.717, 1.165) is 25.9 Å². The lowest BCUT2D eigenvalue weighted by molar-refractivity contribution is -0.118. The maximum Gasteiger partial charge on any atom is 0.217 e. The molecule has 3 N–H and O–H groups in total. The molecule has 0 aliphatic carbocycles. The Morgan fingerprint density at radius 1 is 1.43 bits per heavy atom. The van der Waals surface area contributed by atoms with Gasteiger partial charge in [-0.1, -0.05) is 0 Å². The Kier molecular flexibility index (Phi) is 6.49. The molecule has 14 heavy (non-hydrogen) atoms. The van der Waals surface area contributed by atoms with Gasteiger partial charge in [0.25, 0.3) is 0 Å². The average molecular weight is 202 g/mol. The zero-order valence-corrected chi connectivity index (χ0v) is 9.43. The van der Waals surface area contributed by atoms with Crippen LogP contribution >= 0.6 is 0 Å². The molecule has 84 valence electrons. The summed E-state index contributed by atoms with van der Waals surface area (Å²) in [7, 11) is 1.72. The van der Waals surface area contributed by atoms with Crippen molar-refractivity contribution >= 4 is 5.91 Å². The van der Waals surface area contributed by atoms with Crippen LogP contribution < -0.4 is 11.1 Å². The summed E-state index contributed by atoms with van der Waals surface area (Å²) in [5, 5.41) is 3.24. The molecule has 0 fully saturated rings. The van der Waals surface area contributed by atoms with Crippen molar-refractivity contribution in [3.8, 4) is 0 Å². The van der Waals surface area contributed by atoms with Crippen LogP contribution in [0.2, 0.25) is 0 Å². The molecule has 0 unspecified atom stereocenters. The molecule has 0 aromatic rings. The third-order valence-corrected chi connectivity index (χ3v) is 2.23. The number of rotatable bonds is 8. The summed E-state index contributed by atoms with van der Waals surface area (Å²) < 4.78 is 5.27. The first-order valence-corrected chi connectivity index (χ1v) is 5.02. The third-order valence-electron chi connectivity index (χ3n) is 2.23. The molecule has 0 heterocycles. The number of hydrogen-bond donors (Lipinski definition) is 2. The van der Waals surface area contributed by atoms with E-state index >= 15 is 0 Å². The van der Waals surface area contributed by atoms with Crippen molar-refractivity contribution in [3.05, 3.63) is 0 Å². The molecule has 0 rings (SSSR count). The molecule has 0 aliphatic rings. The molecule has 0 aromatic carbocycles. The van der Waals surface area contributed by atoms with Gasteiger partial charge in [0.15, 0.2) is 0 Å². The molecule has 0 saturated heterocycles. The number of amides is 1. The SMILES string of the molecule is COC(C)(C)CCNCCCC(N)=O. The Morgan fingerprint density at radius 2 is 2.07 bits per heavy atom. The number of methoxy groups -OCH3 is 1. The fourth-order valence-corrected chi connectivity index (χ4v) is 1.00. The first-order chi connectivity index (χ1) is 6.48. The number of nitrogens with one attached hydrogen (secondary N) is 1. The molecular weight excluding hydrogens is 180 g/mol. The van der Waals surface area contributed by atoms with Crippen molar-refractivity contribution in [3.63, 3.8) is 0 Å². The molecule has 0 spiro atoms. The van der Waals surface area contributed by atoms with E-state index in [2.05, 4.69) is 19.2 Å². The van der Waals surface area contributed by atoms with E-state index in [4.69, 9.17) is 10.5 Å². The van der Waals surface area contributed by atoms with E-state index in [1.807, 2.05) is 0 Å². The lowest BCUT2D eigenvalue weighted by Crippen LogP contribution is -2.29. The summed E-state index contributed by atoms with van der Waals surface area (Å²) >= 11 is 0. The van der Waals surface area contributed by atoms with Crippen LogP contribution in [0.25, 0.3) is 0 Å². The van der Waals surface area contributed by atoms with Crippen LogP contribution in [-0.2, 0) is 9.53 Å². The number of carbonyl (C=O) groups excluding carboxylic acids is 1. The second-order valence-electron chi connectivity index (χ2n) is 4.03. The standard InChI is InChI=1S/C10H22N2O2/c1-10(2,14-3)6-8-12-7-4-5-9(11)13/h12H,4-8H2,1-3H3,(H2,11,13). The van der Waals surface area contributed by atoms with Crippen LogP contribution in [0.3, 0.4) is 0 Å². The van der Waals surface area contributed by atoms with Crippen LogP contribution in [-0.4, -0.2) is 31.7 Å². The number of carbonyl (C=O) groups is 1. The molecular formula is C10H22N2O2. The van der Waals surface area contributed by atoms with E-state index in [0.29, 0.717) is 6.42 Å². The maximum absolute atomic E-state index is 10.4. The van der Waals surface area contributed by atoms with Crippen LogP contribution in [0.4, 0.5) is 0 Å². The highest BCUT2D eigenvalue weighted by Gasteiger charge is 2.14. The number of hydrogen-bond acceptors (Lipinski definition) is 3. The predicted octanol–water partition coefficient (Wildman–Crippen LogP) is 0.657. The lowest BCUT2D eigenvalue weighted by atomic mass is 10.1. The molecule has 1 amide bonds. The van der Waals surface area contributed by atoms with Crippen molar-refractivity contribution in [2.45, 2.75) is 38.7 Å². The minimum atomic E-state index is -0.232. The summed E-state index contributed by atoms with van der Waals surface area (Å²) in [5.41, 5.74) is 4.94. The highest BCUT2D eigenvalue weighted by atomic mass is 16.5. The van der Waals surface area contributed by atoms with E-state index in [9.17, 15) is 4.79 Å². The molecule has 0 saturated carbocycles. The Hall–Kier alpha value is -0.610. The summed E-state index contributed by atoms with van der Waals surface area (Å²) in [6, 6.07) is 0. The Labute approximate surface area is 86.2 Å². The monoisotopic (exact) mass is 202 g/mol. The van der Waals surface area contributed by atoms with E-state index in [1.165, 1.54) is 0 Å². The van der Waals surface area contributed by atoms with Crippen molar-refractivity contribution in [1.82, 2.24) is 5.32 Å². The smallest absolute Gasteiger partial charge is 0.217 e. The van der Waals surface area contributed by atoms with Gasteiger partial charge in [-0.3, -0.25) is 4.79 Å². The van der Waals surface area contributed by atoms with Crippen molar-refractivity contribution in [2.24, 2.45) is 5.73 Å². The predicted molar refractivity (Wildman–Crippen MR) is 57.0 cm³/mol. The van der Waals surface area contributed by atoms with Crippen molar-refractivity contribution in [2.75, 3.05) is 20.2 Å². The van der Waals surface area contributed by atoms with Crippen molar-refractivity contribution in [1.29, 1.82) is 0 Å².